The zero-order valence-corrected chi connectivity index (χ0v) is 21.9. The lowest BCUT2D eigenvalue weighted by molar-refractivity contribution is -0.384. The van der Waals surface area contributed by atoms with E-state index in [2.05, 4.69) is 10.6 Å². The van der Waals surface area contributed by atoms with Gasteiger partial charge in [0.2, 0.25) is 5.91 Å². The van der Waals surface area contributed by atoms with Crippen LogP contribution in [-0.4, -0.2) is 16.7 Å². The summed E-state index contributed by atoms with van der Waals surface area (Å²) in [5, 5.41) is 15.0. The van der Waals surface area contributed by atoms with Crippen molar-refractivity contribution in [1.29, 1.82) is 0 Å². The van der Waals surface area contributed by atoms with Crippen molar-refractivity contribution in [1.82, 2.24) is 0 Å². The highest BCUT2D eigenvalue weighted by molar-refractivity contribution is 8.00. The van der Waals surface area contributed by atoms with Gasteiger partial charge in [0.15, 0.2) is 0 Å². The number of halogens is 4. The first-order valence-electron chi connectivity index (χ1n) is 11.6. The fourth-order valence-electron chi connectivity index (χ4n) is 3.68. The number of anilines is 2. The number of non-ortho nitro benzene ring substituents is 1. The smallest absolute Gasteiger partial charge is 0.324 e. The number of carbonyl (C=O) groups is 2. The lowest BCUT2D eigenvalue weighted by Gasteiger charge is -2.19. The monoisotopic (exact) mass is 585 g/mol. The Hall–Kier alpha value is -4.35. The molecule has 1 atom stereocenters. The number of nitro benzene ring substituents is 1. The van der Waals surface area contributed by atoms with Gasteiger partial charge in [0.05, 0.1) is 16.2 Å². The summed E-state index contributed by atoms with van der Waals surface area (Å²) in [5.41, 5.74) is -0.621. The summed E-state index contributed by atoms with van der Waals surface area (Å²) in [6.45, 7) is 0. The normalized spacial score (nSPS) is 11.9. The molecule has 4 aromatic carbocycles. The van der Waals surface area contributed by atoms with Gasteiger partial charge in [-0.15, -0.1) is 11.8 Å². The SMILES string of the molecule is O=C(Nc1ccc(SC(C(=O)Nc2ccc(Cl)cc2C(F)(F)F)c2ccccc2)cc1)c1cccc([N+](=O)[O-])c1. The molecule has 12 heteroatoms. The van der Waals surface area contributed by atoms with Gasteiger partial charge in [-0.05, 0) is 54.1 Å². The van der Waals surface area contributed by atoms with Crippen molar-refractivity contribution in [3.8, 4) is 0 Å². The Balaban J connectivity index is 1.53. The van der Waals surface area contributed by atoms with E-state index < -0.39 is 39.4 Å². The van der Waals surface area contributed by atoms with Gasteiger partial charge in [-0.25, -0.2) is 0 Å². The average Bonchev–Trinajstić information content (AvgIpc) is 2.93. The molecule has 0 aliphatic rings. The first-order chi connectivity index (χ1) is 19.0. The highest BCUT2D eigenvalue weighted by Gasteiger charge is 2.35. The maximum atomic E-state index is 13.6. The second-order valence-electron chi connectivity index (χ2n) is 8.37. The van der Waals surface area contributed by atoms with Crippen LogP contribution >= 0.6 is 23.4 Å². The molecule has 2 N–H and O–H groups in total. The standard InChI is InChI=1S/C28H19ClF3N3O4S/c29-19-9-14-24(23(16-19)28(30,31)32)34-27(37)25(17-5-2-1-3-6-17)40-22-12-10-20(11-13-22)33-26(36)18-7-4-8-21(15-18)35(38)39/h1-16,25H,(H,33,36)(H,34,37). The molecule has 4 rings (SSSR count). The van der Waals surface area contributed by atoms with Crippen molar-refractivity contribution in [3.05, 3.63) is 129 Å². The molecule has 0 aliphatic carbocycles. The Morgan fingerprint density at radius 3 is 2.23 bits per heavy atom. The van der Waals surface area contributed by atoms with Crippen LogP contribution in [-0.2, 0) is 11.0 Å². The Morgan fingerprint density at radius 1 is 0.875 bits per heavy atom. The van der Waals surface area contributed by atoms with Crippen molar-refractivity contribution >= 4 is 52.2 Å². The lowest BCUT2D eigenvalue weighted by Crippen LogP contribution is -2.21. The molecule has 1 unspecified atom stereocenters. The molecule has 7 nitrogen and oxygen atoms in total. The molecule has 0 radical (unpaired) electrons. The van der Waals surface area contributed by atoms with Crippen molar-refractivity contribution in [2.24, 2.45) is 0 Å². The van der Waals surface area contributed by atoms with E-state index in [1.165, 1.54) is 24.3 Å². The quantitative estimate of drug-likeness (QED) is 0.124. The van der Waals surface area contributed by atoms with Crippen LogP contribution < -0.4 is 10.6 Å². The molecule has 0 spiro atoms. The summed E-state index contributed by atoms with van der Waals surface area (Å²) in [6, 6.07) is 23.4. The highest BCUT2D eigenvalue weighted by Crippen LogP contribution is 2.40. The van der Waals surface area contributed by atoms with Gasteiger partial charge in [-0.3, -0.25) is 19.7 Å². The van der Waals surface area contributed by atoms with Gasteiger partial charge >= 0.3 is 6.18 Å². The summed E-state index contributed by atoms with van der Waals surface area (Å²) >= 11 is 6.86. The van der Waals surface area contributed by atoms with E-state index in [-0.39, 0.29) is 16.3 Å². The van der Waals surface area contributed by atoms with Crippen LogP contribution in [0.3, 0.4) is 0 Å². The molecular formula is C28H19ClF3N3O4S. The molecule has 0 fully saturated rings. The first-order valence-corrected chi connectivity index (χ1v) is 12.8. The Bertz CT molecular complexity index is 1550. The summed E-state index contributed by atoms with van der Waals surface area (Å²) in [7, 11) is 0. The van der Waals surface area contributed by atoms with E-state index in [0.717, 1.165) is 30.0 Å². The zero-order chi connectivity index (χ0) is 28.9. The average molecular weight is 586 g/mol. The number of amides is 2. The van der Waals surface area contributed by atoms with Crippen LogP contribution in [0.1, 0.15) is 26.7 Å². The second-order valence-corrected chi connectivity index (χ2v) is 9.99. The van der Waals surface area contributed by atoms with Crippen molar-refractivity contribution in [2.75, 3.05) is 10.6 Å². The molecular weight excluding hydrogens is 567 g/mol. The van der Waals surface area contributed by atoms with Gasteiger partial charge in [0.25, 0.3) is 11.6 Å². The van der Waals surface area contributed by atoms with Crippen LogP contribution in [0, 0.1) is 10.1 Å². The molecule has 0 bridgehead atoms. The van der Waals surface area contributed by atoms with Gasteiger partial charge in [-0.1, -0.05) is 48.0 Å². The number of nitrogens with zero attached hydrogens (tertiary/aromatic N) is 1. The maximum absolute atomic E-state index is 13.6. The number of thioether (sulfide) groups is 1. The van der Waals surface area contributed by atoms with Gasteiger partial charge in [0.1, 0.15) is 5.25 Å². The molecule has 0 aliphatic heterocycles. The number of rotatable bonds is 8. The zero-order valence-electron chi connectivity index (χ0n) is 20.3. The molecule has 0 heterocycles. The third-order valence-corrected chi connectivity index (χ3v) is 7.07. The number of carbonyl (C=O) groups excluding carboxylic acids is 2. The predicted octanol–water partition coefficient (Wildman–Crippen LogP) is 7.99. The Kier molecular flexibility index (Phi) is 8.76. The summed E-state index contributed by atoms with van der Waals surface area (Å²) in [6.07, 6.45) is -4.73. The summed E-state index contributed by atoms with van der Waals surface area (Å²) in [4.78, 5) is 36.8. The minimum Gasteiger partial charge on any atom is -0.324 e. The lowest BCUT2D eigenvalue weighted by atomic mass is 10.1. The minimum absolute atomic E-state index is 0.105. The molecule has 204 valence electrons. The van der Waals surface area contributed by atoms with Crippen molar-refractivity contribution in [3.63, 3.8) is 0 Å². The van der Waals surface area contributed by atoms with E-state index in [4.69, 9.17) is 11.6 Å². The molecule has 2 amide bonds. The fourth-order valence-corrected chi connectivity index (χ4v) is 4.87. The van der Waals surface area contributed by atoms with Crippen molar-refractivity contribution in [2.45, 2.75) is 16.3 Å². The first kappa shape index (κ1) is 28.7. The number of hydrogen-bond donors (Lipinski definition) is 2. The van der Waals surface area contributed by atoms with E-state index in [9.17, 15) is 32.9 Å². The van der Waals surface area contributed by atoms with Crippen LogP contribution in [0.15, 0.2) is 102 Å². The number of nitro groups is 1. The molecule has 4 aromatic rings. The third kappa shape index (κ3) is 7.19. The van der Waals surface area contributed by atoms with E-state index in [0.29, 0.717) is 16.1 Å². The molecule has 0 aromatic heterocycles. The van der Waals surface area contributed by atoms with Crippen LogP contribution in [0.25, 0.3) is 0 Å². The predicted molar refractivity (Wildman–Crippen MR) is 148 cm³/mol. The van der Waals surface area contributed by atoms with Gasteiger partial charge in [0, 0.05) is 33.3 Å². The summed E-state index contributed by atoms with van der Waals surface area (Å²) in [5.74, 6) is -1.22. The Labute approximate surface area is 235 Å². The fraction of sp³-hybridized carbons (Fsp3) is 0.0714. The molecule has 40 heavy (non-hydrogen) atoms. The van der Waals surface area contributed by atoms with Gasteiger partial charge in [-0.2, -0.15) is 13.2 Å². The topological polar surface area (TPSA) is 101 Å². The number of benzene rings is 4. The Morgan fingerprint density at radius 2 is 1.57 bits per heavy atom. The number of alkyl halides is 3. The largest absolute Gasteiger partial charge is 0.418 e. The molecule has 0 saturated carbocycles. The summed E-state index contributed by atoms with van der Waals surface area (Å²) < 4.78 is 40.7. The van der Waals surface area contributed by atoms with Crippen molar-refractivity contribution < 1.29 is 27.7 Å². The van der Waals surface area contributed by atoms with Gasteiger partial charge < -0.3 is 10.6 Å². The highest BCUT2D eigenvalue weighted by atomic mass is 35.5. The van der Waals surface area contributed by atoms with E-state index in [1.807, 2.05) is 0 Å². The third-order valence-electron chi connectivity index (χ3n) is 5.57. The van der Waals surface area contributed by atoms with E-state index in [1.54, 1.807) is 54.6 Å². The van der Waals surface area contributed by atoms with Crippen LogP contribution in [0.4, 0.5) is 30.2 Å². The van der Waals surface area contributed by atoms with Crippen LogP contribution in [0.2, 0.25) is 5.02 Å². The maximum Gasteiger partial charge on any atom is 0.418 e. The number of nitrogens with one attached hydrogen (secondary N) is 2. The molecule has 0 saturated heterocycles. The number of hydrogen-bond acceptors (Lipinski definition) is 5. The minimum atomic E-state index is -4.73. The van der Waals surface area contributed by atoms with E-state index >= 15 is 0 Å². The van der Waals surface area contributed by atoms with Crippen LogP contribution in [0.5, 0.6) is 0 Å². The second kappa shape index (κ2) is 12.2.